The first-order chi connectivity index (χ1) is 16.2. The fourth-order valence-electron chi connectivity index (χ4n) is 3.70. The Kier molecular flexibility index (Phi) is 6.97. The number of nitrogens with two attached hydrogens (primary N) is 1. The van der Waals surface area contributed by atoms with E-state index in [0.717, 1.165) is 11.1 Å². The quantitative estimate of drug-likeness (QED) is 0.412. The third kappa shape index (κ3) is 5.12. The molecule has 0 unspecified atom stereocenters. The van der Waals surface area contributed by atoms with Crippen molar-refractivity contribution in [3.8, 4) is 22.5 Å². The van der Waals surface area contributed by atoms with Crippen LogP contribution in [0.15, 0.2) is 59.5 Å². The molecule has 0 saturated carbocycles. The molecule has 0 fully saturated rings. The van der Waals surface area contributed by atoms with Gasteiger partial charge in [-0.25, -0.2) is 9.97 Å². The molecule has 2 aromatic carbocycles. The predicted octanol–water partition coefficient (Wildman–Crippen LogP) is 4.42. The molecule has 2 aromatic heterocycles. The van der Waals surface area contributed by atoms with Gasteiger partial charge in [0.1, 0.15) is 12.4 Å². The van der Waals surface area contributed by atoms with Crippen molar-refractivity contribution in [3.05, 3.63) is 80.7 Å². The van der Waals surface area contributed by atoms with Gasteiger partial charge in [-0.1, -0.05) is 35.3 Å². The summed E-state index contributed by atoms with van der Waals surface area (Å²) in [6.07, 6.45) is 1.64. The monoisotopic (exact) mass is 495 g/mol. The van der Waals surface area contributed by atoms with Gasteiger partial charge in [0.2, 0.25) is 5.91 Å². The number of benzene rings is 2. The van der Waals surface area contributed by atoms with Gasteiger partial charge in [0, 0.05) is 40.0 Å². The van der Waals surface area contributed by atoms with Gasteiger partial charge in [0.15, 0.2) is 5.65 Å². The zero-order chi connectivity index (χ0) is 24.4. The van der Waals surface area contributed by atoms with Crippen LogP contribution in [0.5, 0.6) is 0 Å². The van der Waals surface area contributed by atoms with Gasteiger partial charge < -0.3 is 11.1 Å². The highest BCUT2D eigenvalue weighted by atomic mass is 35.5. The summed E-state index contributed by atoms with van der Waals surface area (Å²) >= 11 is 12.4. The maximum Gasteiger partial charge on any atom is 0.263 e. The lowest BCUT2D eigenvalue weighted by Gasteiger charge is -2.15. The zero-order valence-corrected chi connectivity index (χ0v) is 20.2. The number of halogens is 2. The highest BCUT2D eigenvalue weighted by Crippen LogP contribution is 2.27. The summed E-state index contributed by atoms with van der Waals surface area (Å²) in [5, 5.41) is 4.13. The molecule has 0 bridgehead atoms. The van der Waals surface area contributed by atoms with E-state index in [1.807, 2.05) is 19.9 Å². The number of hydrogen-bond acceptors (Lipinski definition) is 5. The van der Waals surface area contributed by atoms with Gasteiger partial charge in [0.05, 0.1) is 5.39 Å². The highest BCUT2D eigenvalue weighted by molar-refractivity contribution is 6.31. The first kappa shape index (κ1) is 23.9. The number of fused-ring (bicyclic) bond motifs is 1. The maximum atomic E-state index is 13.6. The highest BCUT2D eigenvalue weighted by Gasteiger charge is 2.18. The van der Waals surface area contributed by atoms with Crippen LogP contribution < -0.4 is 16.6 Å². The molecule has 0 radical (unpaired) electrons. The van der Waals surface area contributed by atoms with E-state index in [2.05, 4.69) is 15.3 Å². The van der Waals surface area contributed by atoms with Crippen LogP contribution in [0.3, 0.4) is 0 Å². The van der Waals surface area contributed by atoms with Crippen LogP contribution in [-0.2, 0) is 17.9 Å². The number of carbonyl (C=O) groups excluding carboxylic acids is 1. The van der Waals surface area contributed by atoms with Crippen molar-refractivity contribution in [3.63, 3.8) is 0 Å². The van der Waals surface area contributed by atoms with E-state index in [1.54, 1.807) is 48.7 Å². The first-order valence-corrected chi connectivity index (χ1v) is 11.5. The van der Waals surface area contributed by atoms with E-state index in [0.29, 0.717) is 33.5 Å². The summed E-state index contributed by atoms with van der Waals surface area (Å²) in [4.78, 5) is 35.3. The lowest BCUT2D eigenvalue weighted by Crippen LogP contribution is -2.37. The van der Waals surface area contributed by atoms with Crippen LogP contribution in [-0.4, -0.2) is 26.5 Å². The van der Waals surface area contributed by atoms with Crippen molar-refractivity contribution >= 4 is 40.1 Å². The third-order valence-corrected chi connectivity index (χ3v) is 5.62. The molecular weight excluding hydrogens is 473 g/mol. The summed E-state index contributed by atoms with van der Waals surface area (Å²) in [6.45, 7) is 3.85. The Morgan fingerprint density at radius 3 is 2.53 bits per heavy atom. The topological polar surface area (TPSA) is 103 Å². The van der Waals surface area contributed by atoms with E-state index in [9.17, 15) is 9.59 Å². The number of carbonyl (C=O) groups is 1. The van der Waals surface area contributed by atoms with E-state index in [4.69, 9.17) is 28.9 Å². The largest absolute Gasteiger partial charge is 0.352 e. The third-order valence-electron chi connectivity index (χ3n) is 5.17. The fourth-order valence-corrected chi connectivity index (χ4v) is 4.15. The lowest BCUT2D eigenvalue weighted by molar-refractivity contribution is -0.122. The number of nitrogens with one attached hydrogen (secondary N) is 1. The Hall–Kier alpha value is -3.26. The van der Waals surface area contributed by atoms with Gasteiger partial charge in [-0.15, -0.1) is 0 Å². The molecule has 9 heteroatoms. The summed E-state index contributed by atoms with van der Waals surface area (Å²) in [7, 11) is 0. The Balaban J connectivity index is 1.92. The molecule has 0 aliphatic carbocycles. The smallest absolute Gasteiger partial charge is 0.263 e. The minimum atomic E-state index is -0.380. The minimum Gasteiger partial charge on any atom is -0.352 e. The van der Waals surface area contributed by atoms with Crippen molar-refractivity contribution in [2.24, 2.45) is 5.73 Å². The number of pyridine rings is 1. The van der Waals surface area contributed by atoms with Crippen molar-refractivity contribution < 1.29 is 4.79 Å². The van der Waals surface area contributed by atoms with Crippen LogP contribution in [0.25, 0.3) is 33.5 Å². The molecule has 0 atom stereocenters. The van der Waals surface area contributed by atoms with Crippen LogP contribution in [0.1, 0.15) is 19.4 Å². The Bertz CT molecular complexity index is 1450. The summed E-state index contributed by atoms with van der Waals surface area (Å²) in [5.74, 6) is 0.0143. The van der Waals surface area contributed by atoms with Gasteiger partial charge in [-0.3, -0.25) is 14.2 Å². The Morgan fingerprint density at radius 1 is 1.06 bits per heavy atom. The average Bonchev–Trinajstić information content (AvgIpc) is 2.79. The molecule has 0 spiro atoms. The van der Waals surface area contributed by atoms with Crippen LogP contribution in [0.2, 0.25) is 10.0 Å². The Labute approximate surface area is 206 Å². The number of nitrogens with zero attached hydrogens (tertiary/aromatic N) is 3. The molecule has 4 aromatic rings. The second-order valence-corrected chi connectivity index (χ2v) is 9.08. The molecule has 2 heterocycles. The number of rotatable bonds is 6. The molecule has 4 rings (SSSR count). The molecular formula is C25H23Cl2N5O2. The fraction of sp³-hybridized carbons (Fsp3) is 0.200. The van der Waals surface area contributed by atoms with Crippen molar-refractivity contribution in [1.82, 2.24) is 19.9 Å². The van der Waals surface area contributed by atoms with E-state index in [1.165, 1.54) is 4.57 Å². The first-order valence-electron chi connectivity index (χ1n) is 10.7. The van der Waals surface area contributed by atoms with Crippen molar-refractivity contribution in [2.75, 3.05) is 0 Å². The molecule has 174 valence electrons. The molecule has 7 nitrogen and oxygen atoms in total. The summed E-state index contributed by atoms with van der Waals surface area (Å²) < 4.78 is 1.35. The molecule has 0 aliphatic heterocycles. The van der Waals surface area contributed by atoms with Gasteiger partial charge in [0.25, 0.3) is 5.56 Å². The summed E-state index contributed by atoms with van der Waals surface area (Å²) in [6, 6.07) is 14.1. The predicted molar refractivity (Wildman–Crippen MR) is 136 cm³/mol. The average molecular weight is 496 g/mol. The second-order valence-electron chi connectivity index (χ2n) is 8.21. The maximum absolute atomic E-state index is 13.6. The molecule has 34 heavy (non-hydrogen) atoms. The van der Waals surface area contributed by atoms with Crippen LogP contribution >= 0.6 is 23.2 Å². The molecule has 3 N–H and O–H groups in total. The number of amides is 1. The van der Waals surface area contributed by atoms with Crippen molar-refractivity contribution in [2.45, 2.75) is 33.0 Å². The number of hydrogen-bond donors (Lipinski definition) is 2. The van der Waals surface area contributed by atoms with E-state index in [-0.39, 0.29) is 35.1 Å². The number of aromatic nitrogens is 3. The van der Waals surface area contributed by atoms with Gasteiger partial charge >= 0.3 is 0 Å². The minimum absolute atomic E-state index is 0.0703. The van der Waals surface area contributed by atoms with E-state index >= 15 is 0 Å². The lowest BCUT2D eigenvalue weighted by atomic mass is 10.0. The zero-order valence-electron chi connectivity index (χ0n) is 18.7. The van der Waals surface area contributed by atoms with Crippen molar-refractivity contribution in [1.29, 1.82) is 0 Å². The Morgan fingerprint density at radius 2 is 1.82 bits per heavy atom. The van der Waals surface area contributed by atoms with Gasteiger partial charge in [-0.2, -0.15) is 0 Å². The van der Waals surface area contributed by atoms with Gasteiger partial charge in [-0.05, 0) is 61.4 Å². The van der Waals surface area contributed by atoms with Crippen LogP contribution in [0, 0.1) is 0 Å². The molecule has 0 saturated heterocycles. The van der Waals surface area contributed by atoms with E-state index < -0.39 is 0 Å². The summed E-state index contributed by atoms with van der Waals surface area (Å²) in [5.41, 5.74) is 8.61. The van der Waals surface area contributed by atoms with Crippen LogP contribution in [0.4, 0.5) is 0 Å². The second kappa shape index (κ2) is 9.93. The SMILES string of the molecule is CC(C)NC(=O)Cn1c(-c2cccc(Cl)c2)nc2ncc(-c3cc(Cl)cc(CN)c3)cc2c1=O. The normalized spacial score (nSPS) is 11.2. The standard InChI is InChI=1S/C25H23Cl2N5O2/c1-14(2)30-22(33)13-32-24(16-4-3-5-19(26)8-16)31-23-21(25(32)34)10-18(12-29-23)17-6-15(11-28)7-20(27)9-17/h3-10,12,14H,11,13,28H2,1-2H3,(H,30,33). The molecule has 1 amide bonds. The molecule has 0 aliphatic rings.